The molecule has 1 fully saturated rings. The molecule has 0 aromatic carbocycles. The van der Waals surface area contributed by atoms with Crippen LogP contribution in [0.5, 0.6) is 0 Å². The summed E-state index contributed by atoms with van der Waals surface area (Å²) in [6, 6.07) is 4.86. The third-order valence-electron chi connectivity index (χ3n) is 4.28. The van der Waals surface area contributed by atoms with E-state index in [1.54, 1.807) is 6.26 Å². The van der Waals surface area contributed by atoms with Crippen LogP contribution in [-0.4, -0.2) is 38.1 Å². The highest BCUT2D eigenvalue weighted by molar-refractivity contribution is 5.05. The Morgan fingerprint density at radius 1 is 1.42 bits per heavy atom. The summed E-state index contributed by atoms with van der Waals surface area (Å²) in [6.45, 7) is 1.72. The molecule has 1 heterocycles. The normalized spacial score (nSPS) is 25.7. The number of likely N-dealkylation sites (N-methyl/N-ethyl adjacent to an activating group) is 1. The number of hydrogen-bond acceptors (Lipinski definition) is 4. The minimum atomic E-state index is 0.287. The van der Waals surface area contributed by atoms with E-state index in [2.05, 4.69) is 24.3 Å². The quantitative estimate of drug-likeness (QED) is 0.826. The molecule has 2 rings (SSSR count). The summed E-state index contributed by atoms with van der Waals surface area (Å²) in [7, 11) is 4.19. The van der Waals surface area contributed by atoms with Crippen LogP contribution in [0.1, 0.15) is 37.5 Å². The van der Waals surface area contributed by atoms with Crippen LogP contribution in [0.3, 0.4) is 0 Å². The standard InChI is InChI=1S/C15H27N3O/c1-18(2)14(15-8-5-9-19-15)11-17-13-7-4-3-6-12(13)10-16/h5,8-9,12-14,17H,3-4,6-7,10-11,16H2,1-2H3. The van der Waals surface area contributed by atoms with Crippen molar-refractivity contribution in [3.05, 3.63) is 24.2 Å². The van der Waals surface area contributed by atoms with Crippen molar-refractivity contribution in [1.29, 1.82) is 0 Å². The zero-order chi connectivity index (χ0) is 13.7. The summed E-state index contributed by atoms with van der Waals surface area (Å²) >= 11 is 0. The average molecular weight is 265 g/mol. The smallest absolute Gasteiger partial charge is 0.122 e. The molecule has 1 saturated carbocycles. The Bertz CT molecular complexity index is 350. The number of nitrogens with zero attached hydrogens (tertiary/aromatic N) is 1. The van der Waals surface area contributed by atoms with Crippen LogP contribution in [0.4, 0.5) is 0 Å². The monoisotopic (exact) mass is 265 g/mol. The number of nitrogens with two attached hydrogens (primary N) is 1. The van der Waals surface area contributed by atoms with Crippen molar-refractivity contribution in [2.75, 3.05) is 27.2 Å². The number of hydrogen-bond donors (Lipinski definition) is 2. The lowest BCUT2D eigenvalue weighted by Gasteiger charge is -2.33. The van der Waals surface area contributed by atoms with E-state index in [1.807, 2.05) is 12.1 Å². The Kier molecular flexibility index (Phi) is 5.43. The highest BCUT2D eigenvalue weighted by Gasteiger charge is 2.25. The first-order valence-corrected chi connectivity index (χ1v) is 7.35. The fourth-order valence-electron chi connectivity index (χ4n) is 3.04. The minimum Gasteiger partial charge on any atom is -0.468 e. The van der Waals surface area contributed by atoms with Gasteiger partial charge >= 0.3 is 0 Å². The second-order valence-electron chi connectivity index (χ2n) is 5.79. The van der Waals surface area contributed by atoms with Gasteiger partial charge in [-0.15, -0.1) is 0 Å². The molecule has 3 atom stereocenters. The van der Waals surface area contributed by atoms with Crippen molar-refractivity contribution in [3.63, 3.8) is 0 Å². The Morgan fingerprint density at radius 2 is 2.21 bits per heavy atom. The van der Waals surface area contributed by atoms with Crippen LogP contribution in [-0.2, 0) is 0 Å². The highest BCUT2D eigenvalue weighted by atomic mass is 16.3. The minimum absolute atomic E-state index is 0.287. The Hall–Kier alpha value is -0.840. The second kappa shape index (κ2) is 7.08. The molecule has 0 bridgehead atoms. The summed E-state index contributed by atoms with van der Waals surface area (Å²) in [5.74, 6) is 1.66. The fourth-order valence-corrected chi connectivity index (χ4v) is 3.04. The Balaban J connectivity index is 1.91. The molecule has 108 valence electrons. The van der Waals surface area contributed by atoms with Crippen LogP contribution < -0.4 is 11.1 Å². The van der Waals surface area contributed by atoms with Gasteiger partial charge in [-0.25, -0.2) is 0 Å². The lowest BCUT2D eigenvalue weighted by atomic mass is 9.84. The van der Waals surface area contributed by atoms with Gasteiger partial charge in [-0.3, -0.25) is 4.90 Å². The molecule has 3 N–H and O–H groups in total. The molecule has 0 saturated heterocycles. The highest BCUT2D eigenvalue weighted by Crippen LogP contribution is 2.25. The largest absolute Gasteiger partial charge is 0.468 e. The molecule has 1 aromatic rings. The van der Waals surface area contributed by atoms with Crippen molar-refractivity contribution >= 4 is 0 Å². The van der Waals surface area contributed by atoms with Crippen LogP contribution >= 0.6 is 0 Å². The predicted octanol–water partition coefficient (Wildman–Crippen LogP) is 1.99. The summed E-state index contributed by atoms with van der Waals surface area (Å²) in [5.41, 5.74) is 5.89. The summed E-state index contributed by atoms with van der Waals surface area (Å²) in [6.07, 6.45) is 6.91. The number of nitrogens with one attached hydrogen (secondary N) is 1. The van der Waals surface area contributed by atoms with Crippen LogP contribution in [0, 0.1) is 5.92 Å². The fraction of sp³-hybridized carbons (Fsp3) is 0.733. The van der Waals surface area contributed by atoms with Crippen LogP contribution in [0.2, 0.25) is 0 Å². The first-order chi connectivity index (χ1) is 9.22. The molecule has 0 aliphatic heterocycles. The molecule has 0 radical (unpaired) electrons. The van der Waals surface area contributed by atoms with Crippen molar-refractivity contribution in [1.82, 2.24) is 10.2 Å². The van der Waals surface area contributed by atoms with Gasteiger partial charge < -0.3 is 15.5 Å². The van der Waals surface area contributed by atoms with E-state index in [1.165, 1.54) is 25.7 Å². The average Bonchev–Trinajstić information content (AvgIpc) is 2.93. The van der Waals surface area contributed by atoms with Gasteiger partial charge in [-0.05, 0) is 51.5 Å². The molecule has 0 spiro atoms. The summed E-state index contributed by atoms with van der Waals surface area (Å²) < 4.78 is 5.54. The first kappa shape index (κ1) is 14.6. The van der Waals surface area contributed by atoms with Gasteiger partial charge in [0.1, 0.15) is 5.76 Å². The maximum atomic E-state index is 5.89. The molecule has 3 unspecified atom stereocenters. The number of furan rings is 1. The molecule has 19 heavy (non-hydrogen) atoms. The third-order valence-corrected chi connectivity index (χ3v) is 4.28. The summed E-state index contributed by atoms with van der Waals surface area (Å²) in [4.78, 5) is 2.20. The van der Waals surface area contributed by atoms with Crippen molar-refractivity contribution in [2.45, 2.75) is 37.8 Å². The van der Waals surface area contributed by atoms with Crippen molar-refractivity contribution in [2.24, 2.45) is 11.7 Å². The van der Waals surface area contributed by atoms with E-state index < -0.39 is 0 Å². The van der Waals surface area contributed by atoms with E-state index in [-0.39, 0.29) is 6.04 Å². The molecule has 1 aliphatic rings. The zero-order valence-corrected chi connectivity index (χ0v) is 12.1. The SMILES string of the molecule is CN(C)C(CNC1CCCCC1CN)c1ccco1. The molecular formula is C15H27N3O. The maximum Gasteiger partial charge on any atom is 0.122 e. The van der Waals surface area contributed by atoms with Crippen LogP contribution in [0.25, 0.3) is 0 Å². The van der Waals surface area contributed by atoms with Gasteiger partial charge in [0, 0.05) is 12.6 Å². The topological polar surface area (TPSA) is 54.4 Å². The van der Waals surface area contributed by atoms with Crippen molar-refractivity contribution < 1.29 is 4.42 Å². The van der Waals surface area contributed by atoms with E-state index in [4.69, 9.17) is 10.2 Å². The lowest BCUT2D eigenvalue weighted by Crippen LogP contribution is -2.44. The van der Waals surface area contributed by atoms with Gasteiger partial charge in [0.05, 0.1) is 12.3 Å². The number of rotatable bonds is 6. The molecule has 4 nitrogen and oxygen atoms in total. The molecule has 0 amide bonds. The van der Waals surface area contributed by atoms with Gasteiger partial charge in [-0.2, -0.15) is 0 Å². The molecule has 1 aromatic heterocycles. The Morgan fingerprint density at radius 3 is 2.84 bits per heavy atom. The third kappa shape index (κ3) is 3.81. The van der Waals surface area contributed by atoms with Gasteiger partial charge in [0.25, 0.3) is 0 Å². The van der Waals surface area contributed by atoms with Gasteiger partial charge in [-0.1, -0.05) is 12.8 Å². The van der Waals surface area contributed by atoms with Gasteiger partial charge in [0.2, 0.25) is 0 Å². The van der Waals surface area contributed by atoms with Crippen molar-refractivity contribution in [3.8, 4) is 0 Å². The molecular weight excluding hydrogens is 238 g/mol. The predicted molar refractivity (Wildman–Crippen MR) is 77.9 cm³/mol. The lowest BCUT2D eigenvalue weighted by molar-refractivity contribution is 0.211. The van der Waals surface area contributed by atoms with Crippen LogP contribution in [0.15, 0.2) is 22.8 Å². The Labute approximate surface area is 116 Å². The van der Waals surface area contributed by atoms with E-state index in [9.17, 15) is 0 Å². The zero-order valence-electron chi connectivity index (χ0n) is 12.1. The first-order valence-electron chi connectivity index (χ1n) is 7.35. The second-order valence-corrected chi connectivity index (χ2v) is 5.79. The van der Waals surface area contributed by atoms with E-state index in [0.29, 0.717) is 12.0 Å². The summed E-state index contributed by atoms with van der Waals surface area (Å²) in [5, 5.41) is 3.71. The van der Waals surface area contributed by atoms with Gasteiger partial charge in [0.15, 0.2) is 0 Å². The molecule has 4 heteroatoms. The van der Waals surface area contributed by atoms with E-state index in [0.717, 1.165) is 18.8 Å². The maximum absolute atomic E-state index is 5.89. The van der Waals surface area contributed by atoms with E-state index >= 15 is 0 Å². The molecule has 1 aliphatic carbocycles.